The van der Waals surface area contributed by atoms with Crippen molar-refractivity contribution in [2.75, 3.05) is 19.7 Å². The lowest BCUT2D eigenvalue weighted by atomic mass is 10.1. The quantitative estimate of drug-likeness (QED) is 0.462. The molecule has 1 heterocycles. The van der Waals surface area contributed by atoms with E-state index in [1.165, 1.54) is 15.9 Å². The van der Waals surface area contributed by atoms with Crippen LogP contribution in [0, 0.1) is 0 Å². The number of carbonyl (C=O) groups is 3. The molecule has 0 aliphatic carbocycles. The van der Waals surface area contributed by atoms with Gasteiger partial charge in [-0.2, -0.15) is 0 Å². The van der Waals surface area contributed by atoms with Crippen LogP contribution >= 0.6 is 12.2 Å². The second-order valence-electron chi connectivity index (χ2n) is 5.26. The predicted octanol–water partition coefficient (Wildman–Crippen LogP) is 0.930. The molecule has 1 aliphatic rings. The average Bonchev–Trinajstić information content (AvgIpc) is 2.58. The van der Waals surface area contributed by atoms with Crippen LogP contribution in [0.25, 0.3) is 6.08 Å². The fraction of sp³-hybridized carbons (Fsp3) is 0.294. The summed E-state index contributed by atoms with van der Waals surface area (Å²) in [4.78, 5) is 38.6. The standard InChI is InChI=1S/C17H19N3O4S/c1-3-19-15(22)13(16(23)20(4-2)17(19)25)9-11-5-7-12(8-6-11)24-10-14(18)21/h5-9H,3-4,10H2,1-2H3,(H2,18,21). The number of nitrogens with zero attached hydrogens (tertiary/aromatic N) is 2. The zero-order chi connectivity index (χ0) is 18.6. The first-order valence-electron chi connectivity index (χ1n) is 7.79. The lowest BCUT2D eigenvalue weighted by Gasteiger charge is -2.35. The molecule has 0 atom stereocenters. The first kappa shape index (κ1) is 18.6. The van der Waals surface area contributed by atoms with Crippen LogP contribution in [0.3, 0.4) is 0 Å². The zero-order valence-corrected chi connectivity index (χ0v) is 14.8. The number of carbonyl (C=O) groups excluding carboxylic acids is 3. The molecule has 0 saturated carbocycles. The predicted molar refractivity (Wildman–Crippen MR) is 96.5 cm³/mol. The third-order valence-corrected chi connectivity index (χ3v) is 4.06. The van der Waals surface area contributed by atoms with Crippen molar-refractivity contribution in [2.24, 2.45) is 5.73 Å². The maximum atomic E-state index is 12.5. The molecule has 132 valence electrons. The van der Waals surface area contributed by atoms with Gasteiger partial charge in [0.15, 0.2) is 11.7 Å². The Morgan fingerprint density at radius 2 is 1.64 bits per heavy atom. The monoisotopic (exact) mass is 361 g/mol. The molecular formula is C17H19N3O4S. The molecule has 0 aromatic heterocycles. The molecule has 25 heavy (non-hydrogen) atoms. The number of primary amides is 1. The van der Waals surface area contributed by atoms with E-state index >= 15 is 0 Å². The van der Waals surface area contributed by atoms with E-state index in [4.69, 9.17) is 22.7 Å². The summed E-state index contributed by atoms with van der Waals surface area (Å²) in [6.07, 6.45) is 1.52. The summed E-state index contributed by atoms with van der Waals surface area (Å²) >= 11 is 5.21. The van der Waals surface area contributed by atoms with Crippen molar-refractivity contribution in [2.45, 2.75) is 13.8 Å². The van der Waals surface area contributed by atoms with E-state index < -0.39 is 17.7 Å². The van der Waals surface area contributed by atoms with Gasteiger partial charge in [-0.3, -0.25) is 24.2 Å². The molecule has 1 fully saturated rings. The molecule has 0 unspecified atom stereocenters. The number of likely N-dealkylation sites (N-methyl/N-ethyl adjacent to an activating group) is 2. The van der Waals surface area contributed by atoms with E-state index in [9.17, 15) is 14.4 Å². The van der Waals surface area contributed by atoms with Crippen LogP contribution in [-0.4, -0.2) is 52.3 Å². The Labute approximate surface area is 151 Å². The Morgan fingerprint density at radius 1 is 1.12 bits per heavy atom. The summed E-state index contributed by atoms with van der Waals surface area (Å²) < 4.78 is 5.17. The van der Waals surface area contributed by atoms with Crippen molar-refractivity contribution >= 4 is 41.1 Å². The van der Waals surface area contributed by atoms with Crippen LogP contribution in [0.2, 0.25) is 0 Å². The minimum Gasteiger partial charge on any atom is -0.484 e. The number of benzene rings is 1. The number of rotatable bonds is 6. The Balaban J connectivity index is 2.28. The number of nitrogens with two attached hydrogens (primary N) is 1. The van der Waals surface area contributed by atoms with Gasteiger partial charge in [0.1, 0.15) is 11.3 Å². The molecule has 0 bridgehead atoms. The van der Waals surface area contributed by atoms with E-state index in [2.05, 4.69) is 0 Å². The van der Waals surface area contributed by atoms with Gasteiger partial charge in [-0.15, -0.1) is 0 Å². The van der Waals surface area contributed by atoms with Crippen molar-refractivity contribution in [1.29, 1.82) is 0 Å². The van der Waals surface area contributed by atoms with Crippen LogP contribution in [0.1, 0.15) is 19.4 Å². The highest BCUT2D eigenvalue weighted by atomic mass is 32.1. The fourth-order valence-corrected chi connectivity index (χ4v) is 2.79. The summed E-state index contributed by atoms with van der Waals surface area (Å²) in [6.45, 7) is 4.16. The number of thiocarbonyl (C=S) groups is 1. The lowest BCUT2D eigenvalue weighted by Crippen LogP contribution is -2.55. The van der Waals surface area contributed by atoms with Gasteiger partial charge < -0.3 is 10.5 Å². The molecule has 7 nitrogen and oxygen atoms in total. The first-order chi connectivity index (χ1) is 11.9. The Morgan fingerprint density at radius 3 is 2.08 bits per heavy atom. The van der Waals surface area contributed by atoms with E-state index in [1.54, 1.807) is 38.1 Å². The van der Waals surface area contributed by atoms with Gasteiger partial charge in [-0.25, -0.2) is 0 Å². The van der Waals surface area contributed by atoms with Gasteiger partial charge in [0.05, 0.1) is 0 Å². The minimum absolute atomic E-state index is 0.0584. The normalized spacial score (nSPS) is 14.8. The summed E-state index contributed by atoms with van der Waals surface area (Å²) in [5.41, 5.74) is 5.73. The summed E-state index contributed by atoms with van der Waals surface area (Å²) in [6, 6.07) is 6.63. The van der Waals surface area contributed by atoms with Gasteiger partial charge in [0.2, 0.25) is 0 Å². The van der Waals surface area contributed by atoms with Crippen molar-refractivity contribution in [3.8, 4) is 5.75 Å². The highest BCUT2D eigenvalue weighted by Gasteiger charge is 2.37. The smallest absolute Gasteiger partial charge is 0.265 e. The molecular weight excluding hydrogens is 342 g/mol. The third-order valence-electron chi connectivity index (χ3n) is 3.62. The molecule has 3 amide bonds. The van der Waals surface area contributed by atoms with Gasteiger partial charge in [-0.05, 0) is 49.8 Å². The molecule has 2 N–H and O–H groups in total. The van der Waals surface area contributed by atoms with Crippen molar-refractivity contribution in [3.63, 3.8) is 0 Å². The Kier molecular flexibility index (Phi) is 5.87. The molecule has 0 radical (unpaired) electrons. The second-order valence-corrected chi connectivity index (χ2v) is 5.63. The molecule has 1 aromatic rings. The third kappa shape index (κ3) is 4.03. The maximum absolute atomic E-state index is 12.5. The van der Waals surface area contributed by atoms with Gasteiger partial charge in [0, 0.05) is 13.1 Å². The van der Waals surface area contributed by atoms with Crippen molar-refractivity contribution in [3.05, 3.63) is 35.4 Å². The van der Waals surface area contributed by atoms with Crippen LogP contribution in [-0.2, 0) is 14.4 Å². The van der Waals surface area contributed by atoms with E-state index in [0.29, 0.717) is 24.4 Å². The van der Waals surface area contributed by atoms with Crippen molar-refractivity contribution in [1.82, 2.24) is 9.80 Å². The highest BCUT2D eigenvalue weighted by molar-refractivity contribution is 7.80. The van der Waals surface area contributed by atoms with Gasteiger partial charge >= 0.3 is 0 Å². The summed E-state index contributed by atoms with van der Waals surface area (Å²) in [7, 11) is 0. The molecule has 1 aromatic carbocycles. The number of ether oxygens (including phenoxy) is 1. The SMILES string of the molecule is CCN1C(=O)C(=Cc2ccc(OCC(N)=O)cc2)C(=O)N(CC)C1=S. The van der Waals surface area contributed by atoms with E-state index in [1.807, 2.05) is 0 Å². The zero-order valence-electron chi connectivity index (χ0n) is 14.0. The topological polar surface area (TPSA) is 92.9 Å². The molecule has 8 heteroatoms. The van der Waals surface area contributed by atoms with Crippen LogP contribution < -0.4 is 10.5 Å². The summed E-state index contributed by atoms with van der Waals surface area (Å²) in [5, 5.41) is 0.229. The van der Waals surface area contributed by atoms with E-state index in [-0.39, 0.29) is 17.3 Å². The summed E-state index contributed by atoms with van der Waals surface area (Å²) in [5.74, 6) is -0.916. The Hall–Kier alpha value is -2.74. The minimum atomic E-state index is -0.570. The lowest BCUT2D eigenvalue weighted by molar-refractivity contribution is -0.133. The second kappa shape index (κ2) is 7.89. The number of hydrogen-bond acceptors (Lipinski definition) is 5. The molecule has 1 saturated heterocycles. The molecule has 2 rings (SSSR count). The largest absolute Gasteiger partial charge is 0.484 e. The van der Waals surface area contributed by atoms with Gasteiger partial charge in [0.25, 0.3) is 17.7 Å². The highest BCUT2D eigenvalue weighted by Crippen LogP contribution is 2.21. The first-order valence-corrected chi connectivity index (χ1v) is 8.20. The fourth-order valence-electron chi connectivity index (χ4n) is 2.36. The van der Waals surface area contributed by atoms with Crippen molar-refractivity contribution < 1.29 is 19.1 Å². The molecule has 0 spiro atoms. The van der Waals surface area contributed by atoms with Crippen LogP contribution in [0.5, 0.6) is 5.75 Å². The Bertz CT molecular complexity index is 715. The average molecular weight is 361 g/mol. The van der Waals surface area contributed by atoms with Crippen LogP contribution in [0.15, 0.2) is 29.8 Å². The van der Waals surface area contributed by atoms with Gasteiger partial charge in [-0.1, -0.05) is 12.1 Å². The van der Waals surface area contributed by atoms with Crippen LogP contribution in [0.4, 0.5) is 0 Å². The number of hydrogen-bond donors (Lipinski definition) is 1. The number of amides is 3. The maximum Gasteiger partial charge on any atom is 0.265 e. The molecule has 1 aliphatic heterocycles. The van der Waals surface area contributed by atoms with E-state index in [0.717, 1.165) is 0 Å².